The van der Waals surface area contributed by atoms with Gasteiger partial charge >= 0.3 is 5.97 Å². The predicted molar refractivity (Wildman–Crippen MR) is 98.8 cm³/mol. The first kappa shape index (κ1) is 16.1. The van der Waals surface area contributed by atoms with Gasteiger partial charge in [0.2, 0.25) is 0 Å². The Hall–Kier alpha value is -2.81. The van der Waals surface area contributed by atoms with Gasteiger partial charge in [0, 0.05) is 38.5 Å². The molecule has 0 spiro atoms. The molecule has 0 heterocycles. The topological polar surface area (TPSA) is 29.5 Å². The maximum Gasteiger partial charge on any atom is 0.308 e. The maximum absolute atomic E-state index is 11.6. The molecule has 0 fully saturated rings. The van der Waals surface area contributed by atoms with Crippen molar-refractivity contribution in [3.05, 3.63) is 71.8 Å². The summed E-state index contributed by atoms with van der Waals surface area (Å²) in [5.41, 5.74) is 3.36. The van der Waals surface area contributed by atoms with Gasteiger partial charge in [0.1, 0.15) is 5.75 Å². The van der Waals surface area contributed by atoms with Gasteiger partial charge in [-0.1, -0.05) is 48.5 Å². The maximum atomic E-state index is 11.6. The molecule has 3 nitrogen and oxygen atoms in total. The van der Waals surface area contributed by atoms with E-state index in [0.717, 1.165) is 28.4 Å². The van der Waals surface area contributed by atoms with Crippen LogP contribution in [0.15, 0.2) is 60.7 Å². The molecule has 0 aliphatic heterocycles. The summed E-state index contributed by atoms with van der Waals surface area (Å²) in [4.78, 5) is 13.6. The first-order valence-corrected chi connectivity index (χ1v) is 8.00. The van der Waals surface area contributed by atoms with E-state index in [4.69, 9.17) is 4.74 Å². The molecule has 0 bridgehead atoms. The molecule has 24 heavy (non-hydrogen) atoms. The third-order valence-corrected chi connectivity index (χ3v) is 4.05. The molecular formula is C21H21NO2. The Balaban J connectivity index is 2.00. The number of rotatable bonds is 4. The Morgan fingerprint density at radius 2 is 1.67 bits per heavy atom. The number of hydrogen-bond acceptors (Lipinski definition) is 3. The van der Waals surface area contributed by atoms with Crippen molar-refractivity contribution < 1.29 is 9.53 Å². The zero-order chi connectivity index (χ0) is 17.1. The second-order valence-electron chi connectivity index (χ2n) is 6.11. The highest BCUT2D eigenvalue weighted by Gasteiger charge is 2.12. The van der Waals surface area contributed by atoms with Crippen LogP contribution >= 0.6 is 0 Å². The van der Waals surface area contributed by atoms with Gasteiger partial charge in [0.25, 0.3) is 0 Å². The molecule has 0 N–H and O–H groups in total. The Morgan fingerprint density at radius 3 is 2.33 bits per heavy atom. The summed E-state index contributed by atoms with van der Waals surface area (Å²) in [6, 6.07) is 20.5. The third kappa shape index (κ3) is 3.40. The third-order valence-electron chi connectivity index (χ3n) is 4.05. The lowest BCUT2D eigenvalue weighted by Crippen LogP contribution is -2.08. The summed E-state index contributed by atoms with van der Waals surface area (Å²) >= 11 is 0. The molecule has 122 valence electrons. The van der Waals surface area contributed by atoms with E-state index < -0.39 is 0 Å². The quantitative estimate of drug-likeness (QED) is 0.526. The number of carbonyl (C=O) groups excluding carboxylic acids is 1. The van der Waals surface area contributed by atoms with Crippen LogP contribution in [0.1, 0.15) is 18.1 Å². The van der Waals surface area contributed by atoms with Crippen LogP contribution in [-0.2, 0) is 11.2 Å². The molecule has 0 unspecified atom stereocenters. The molecule has 3 aromatic carbocycles. The smallest absolute Gasteiger partial charge is 0.308 e. The van der Waals surface area contributed by atoms with Crippen LogP contribution in [0, 0.1) is 0 Å². The van der Waals surface area contributed by atoms with Crippen molar-refractivity contribution in [2.75, 3.05) is 19.0 Å². The van der Waals surface area contributed by atoms with Gasteiger partial charge < -0.3 is 9.64 Å². The highest BCUT2D eigenvalue weighted by Crippen LogP contribution is 2.32. The number of ether oxygens (including phenoxy) is 1. The van der Waals surface area contributed by atoms with E-state index in [9.17, 15) is 4.79 Å². The minimum Gasteiger partial charge on any atom is -0.426 e. The average Bonchev–Trinajstić information content (AvgIpc) is 2.57. The number of benzene rings is 3. The Kier molecular flexibility index (Phi) is 4.52. The summed E-state index contributed by atoms with van der Waals surface area (Å²) in [7, 11) is 4.05. The number of hydrogen-bond donors (Lipinski definition) is 0. The van der Waals surface area contributed by atoms with Crippen molar-refractivity contribution in [1.29, 1.82) is 0 Å². The molecule has 0 aromatic heterocycles. The van der Waals surface area contributed by atoms with Gasteiger partial charge in [0.15, 0.2) is 0 Å². The van der Waals surface area contributed by atoms with Crippen LogP contribution in [0.25, 0.3) is 10.8 Å². The highest BCUT2D eigenvalue weighted by molar-refractivity contribution is 5.91. The molecule has 0 radical (unpaired) electrons. The van der Waals surface area contributed by atoms with E-state index in [2.05, 4.69) is 35.2 Å². The number of esters is 1. The van der Waals surface area contributed by atoms with Crippen molar-refractivity contribution in [2.24, 2.45) is 0 Å². The number of carbonyl (C=O) groups is 1. The Bertz CT molecular complexity index is 867. The van der Waals surface area contributed by atoms with Crippen LogP contribution in [0.5, 0.6) is 5.75 Å². The first-order valence-electron chi connectivity index (χ1n) is 8.00. The lowest BCUT2D eigenvalue weighted by Gasteiger charge is -2.14. The molecule has 0 atom stereocenters. The molecule has 3 aromatic rings. The van der Waals surface area contributed by atoms with E-state index in [1.54, 1.807) is 0 Å². The zero-order valence-corrected chi connectivity index (χ0v) is 14.2. The molecule has 3 heteroatoms. The lowest BCUT2D eigenvalue weighted by atomic mass is 9.99. The van der Waals surface area contributed by atoms with Gasteiger partial charge in [-0.2, -0.15) is 0 Å². The largest absolute Gasteiger partial charge is 0.426 e. The van der Waals surface area contributed by atoms with Crippen LogP contribution in [0.3, 0.4) is 0 Å². The first-order chi connectivity index (χ1) is 11.5. The Morgan fingerprint density at radius 1 is 0.958 bits per heavy atom. The number of nitrogens with zero attached hydrogens (tertiary/aromatic N) is 1. The van der Waals surface area contributed by atoms with Crippen LogP contribution in [0.2, 0.25) is 0 Å². The summed E-state index contributed by atoms with van der Waals surface area (Å²) in [6.45, 7) is 1.44. The normalized spacial score (nSPS) is 10.6. The van der Waals surface area contributed by atoms with Crippen LogP contribution < -0.4 is 9.64 Å². The molecule has 0 saturated heterocycles. The fraction of sp³-hybridized carbons (Fsp3) is 0.190. The fourth-order valence-electron chi connectivity index (χ4n) is 2.82. The predicted octanol–water partition coefficient (Wildman–Crippen LogP) is 4.42. The molecule has 0 amide bonds. The van der Waals surface area contributed by atoms with Crippen LogP contribution in [0.4, 0.5) is 5.69 Å². The lowest BCUT2D eigenvalue weighted by molar-refractivity contribution is -0.131. The van der Waals surface area contributed by atoms with E-state index in [1.165, 1.54) is 12.5 Å². The second kappa shape index (κ2) is 6.75. The summed E-state index contributed by atoms with van der Waals surface area (Å²) in [6.07, 6.45) is 0.723. The van der Waals surface area contributed by atoms with Crippen molar-refractivity contribution in [2.45, 2.75) is 13.3 Å². The summed E-state index contributed by atoms with van der Waals surface area (Å²) < 4.78 is 5.55. The number of fused-ring (bicyclic) bond motifs is 1. The van der Waals surface area contributed by atoms with Crippen LogP contribution in [-0.4, -0.2) is 20.1 Å². The monoisotopic (exact) mass is 319 g/mol. The minimum atomic E-state index is -0.296. The summed E-state index contributed by atoms with van der Waals surface area (Å²) in [5, 5.41) is 2.04. The standard InChI is InChI=1S/C21H21NO2/c1-15(23)24-21-18(11-10-17-6-4-5-7-20(17)21)14-16-8-12-19(13-9-16)22(2)3/h4-13H,14H2,1-3H3. The highest BCUT2D eigenvalue weighted by atomic mass is 16.5. The molecule has 3 rings (SSSR count). The van der Waals surface area contributed by atoms with Gasteiger partial charge in [-0.3, -0.25) is 4.79 Å². The van der Waals surface area contributed by atoms with Crippen molar-refractivity contribution in [3.63, 3.8) is 0 Å². The van der Waals surface area contributed by atoms with Gasteiger partial charge in [-0.25, -0.2) is 0 Å². The minimum absolute atomic E-state index is 0.296. The van der Waals surface area contributed by atoms with E-state index >= 15 is 0 Å². The van der Waals surface area contributed by atoms with E-state index in [0.29, 0.717) is 5.75 Å². The fourth-order valence-corrected chi connectivity index (χ4v) is 2.82. The second-order valence-corrected chi connectivity index (χ2v) is 6.11. The molecule has 0 saturated carbocycles. The van der Waals surface area contributed by atoms with E-state index in [1.807, 2.05) is 44.4 Å². The van der Waals surface area contributed by atoms with Gasteiger partial charge in [-0.15, -0.1) is 0 Å². The van der Waals surface area contributed by atoms with Gasteiger partial charge in [-0.05, 0) is 28.6 Å². The SMILES string of the molecule is CC(=O)Oc1c(Cc2ccc(N(C)C)cc2)ccc2ccccc12. The van der Waals surface area contributed by atoms with E-state index in [-0.39, 0.29) is 5.97 Å². The van der Waals surface area contributed by atoms with Crippen molar-refractivity contribution >= 4 is 22.4 Å². The molecule has 0 aliphatic rings. The number of anilines is 1. The zero-order valence-electron chi connectivity index (χ0n) is 14.2. The van der Waals surface area contributed by atoms with Gasteiger partial charge in [0.05, 0.1) is 0 Å². The average molecular weight is 319 g/mol. The van der Waals surface area contributed by atoms with Crippen molar-refractivity contribution in [1.82, 2.24) is 0 Å². The molecule has 0 aliphatic carbocycles. The summed E-state index contributed by atoms with van der Waals surface area (Å²) in [5.74, 6) is 0.368. The molecular weight excluding hydrogens is 298 g/mol. The Labute approximate surface area is 142 Å². The van der Waals surface area contributed by atoms with Crippen molar-refractivity contribution in [3.8, 4) is 5.75 Å².